The summed E-state index contributed by atoms with van der Waals surface area (Å²) in [5.74, 6) is -0.511. The molecular weight excluding hydrogens is 605 g/mol. The maximum atomic E-state index is 13.5. The van der Waals surface area contributed by atoms with Crippen molar-refractivity contribution in [3.63, 3.8) is 0 Å². The lowest BCUT2D eigenvalue weighted by Gasteiger charge is -2.33. The summed E-state index contributed by atoms with van der Waals surface area (Å²) in [5, 5.41) is 13.7. The summed E-state index contributed by atoms with van der Waals surface area (Å²) in [5.41, 5.74) is 1.16. The molecule has 1 fully saturated rings. The molecule has 11 heteroatoms. The molecule has 1 aromatic heterocycles. The summed E-state index contributed by atoms with van der Waals surface area (Å²) in [6, 6.07) is 14.0. The Bertz CT molecular complexity index is 1460. The first-order valence-electron chi connectivity index (χ1n) is 14.7. The standard InChI is InChI=1S/C33H39Cl2N3O6/c1-38(2)16-7-17-44-29-20-22(8-11-27(29)35)30-24(25-21-23(9-12-26(25)34)43-19-18-42-3)10-13-28(36-30)31(39)37-33(32(40)41)14-5-4-6-15-33/h8-13,20-21H,4-7,14-19H2,1-3H3,(H,37,39)(H,40,41). The lowest BCUT2D eigenvalue weighted by molar-refractivity contribution is -0.145. The van der Waals surface area contributed by atoms with E-state index in [1.54, 1.807) is 49.6 Å². The Morgan fingerprint density at radius 3 is 2.39 bits per heavy atom. The maximum absolute atomic E-state index is 13.5. The fourth-order valence-electron chi connectivity index (χ4n) is 5.22. The van der Waals surface area contributed by atoms with Crippen LogP contribution in [0.4, 0.5) is 0 Å². The molecule has 44 heavy (non-hydrogen) atoms. The fourth-order valence-corrected chi connectivity index (χ4v) is 5.61. The van der Waals surface area contributed by atoms with Crippen LogP contribution in [0.15, 0.2) is 48.5 Å². The zero-order chi connectivity index (χ0) is 31.7. The minimum atomic E-state index is -1.32. The van der Waals surface area contributed by atoms with Crippen LogP contribution in [-0.2, 0) is 9.53 Å². The Labute approximate surface area is 268 Å². The van der Waals surface area contributed by atoms with Crippen molar-refractivity contribution in [1.82, 2.24) is 15.2 Å². The van der Waals surface area contributed by atoms with Crippen LogP contribution in [0.1, 0.15) is 49.0 Å². The Hall–Kier alpha value is -3.37. The highest BCUT2D eigenvalue weighted by atomic mass is 35.5. The molecule has 9 nitrogen and oxygen atoms in total. The number of halogens is 2. The Kier molecular flexibility index (Phi) is 11.9. The van der Waals surface area contributed by atoms with Crippen LogP contribution >= 0.6 is 23.2 Å². The van der Waals surface area contributed by atoms with Gasteiger partial charge in [-0.15, -0.1) is 0 Å². The Morgan fingerprint density at radius 1 is 0.932 bits per heavy atom. The van der Waals surface area contributed by atoms with Gasteiger partial charge in [0, 0.05) is 35.4 Å². The number of rotatable bonds is 14. The third-order valence-electron chi connectivity index (χ3n) is 7.59. The monoisotopic (exact) mass is 643 g/mol. The number of carboxylic acid groups (broad SMARTS) is 1. The summed E-state index contributed by atoms with van der Waals surface area (Å²) in [6.07, 6.45) is 3.95. The van der Waals surface area contributed by atoms with Crippen LogP contribution in [0.5, 0.6) is 11.5 Å². The number of amides is 1. The number of pyridine rings is 1. The van der Waals surface area contributed by atoms with Gasteiger partial charge in [0.25, 0.3) is 5.91 Å². The average Bonchev–Trinajstić information content (AvgIpc) is 3.01. The molecule has 1 saturated carbocycles. The molecule has 1 aliphatic carbocycles. The zero-order valence-electron chi connectivity index (χ0n) is 25.3. The SMILES string of the molecule is COCCOc1ccc(Cl)c(-c2ccc(C(=O)NC3(C(=O)O)CCCCC3)nc2-c2ccc(Cl)c(OCCCN(C)C)c2)c1. The molecule has 0 bridgehead atoms. The van der Waals surface area contributed by atoms with Gasteiger partial charge in [0.2, 0.25) is 0 Å². The largest absolute Gasteiger partial charge is 0.492 e. The average molecular weight is 645 g/mol. The van der Waals surface area contributed by atoms with Crippen LogP contribution in [0, 0.1) is 0 Å². The van der Waals surface area contributed by atoms with E-state index in [-0.39, 0.29) is 5.69 Å². The lowest BCUT2D eigenvalue weighted by Crippen LogP contribution is -2.55. The van der Waals surface area contributed by atoms with Crippen LogP contribution in [0.3, 0.4) is 0 Å². The van der Waals surface area contributed by atoms with Crippen LogP contribution in [0.25, 0.3) is 22.4 Å². The number of ether oxygens (including phenoxy) is 3. The van der Waals surface area contributed by atoms with Crippen molar-refractivity contribution in [2.24, 2.45) is 0 Å². The first kappa shape index (κ1) is 33.5. The summed E-state index contributed by atoms with van der Waals surface area (Å²) in [4.78, 5) is 32.6. The Balaban J connectivity index is 1.76. The third kappa shape index (κ3) is 8.41. The highest BCUT2D eigenvalue weighted by Crippen LogP contribution is 2.39. The van der Waals surface area contributed by atoms with Crippen molar-refractivity contribution < 1.29 is 28.9 Å². The van der Waals surface area contributed by atoms with Gasteiger partial charge in [-0.2, -0.15) is 0 Å². The second-order valence-corrected chi connectivity index (χ2v) is 11.9. The highest BCUT2D eigenvalue weighted by molar-refractivity contribution is 6.33. The van der Waals surface area contributed by atoms with E-state index in [1.165, 1.54) is 0 Å². The molecule has 4 rings (SSSR count). The molecule has 236 valence electrons. The molecule has 0 radical (unpaired) electrons. The van der Waals surface area contributed by atoms with Gasteiger partial charge in [-0.3, -0.25) is 4.79 Å². The molecule has 2 aromatic carbocycles. The number of aromatic nitrogens is 1. The predicted octanol–water partition coefficient (Wildman–Crippen LogP) is 6.60. The normalized spacial score (nSPS) is 14.3. The molecular formula is C33H39Cl2N3O6. The molecule has 0 atom stereocenters. The van der Waals surface area contributed by atoms with E-state index in [4.69, 9.17) is 42.4 Å². The molecule has 3 aromatic rings. The van der Waals surface area contributed by atoms with E-state index >= 15 is 0 Å². The van der Waals surface area contributed by atoms with Crippen molar-refractivity contribution in [3.05, 3.63) is 64.3 Å². The van der Waals surface area contributed by atoms with Crippen molar-refractivity contribution in [2.45, 2.75) is 44.1 Å². The fraction of sp³-hybridized carbons (Fsp3) is 0.424. The zero-order valence-corrected chi connectivity index (χ0v) is 26.8. The van der Waals surface area contributed by atoms with E-state index in [2.05, 4.69) is 10.2 Å². The third-order valence-corrected chi connectivity index (χ3v) is 8.24. The van der Waals surface area contributed by atoms with E-state index in [0.717, 1.165) is 32.2 Å². The number of carbonyl (C=O) groups is 2. The van der Waals surface area contributed by atoms with Crippen molar-refractivity contribution in [1.29, 1.82) is 0 Å². The van der Waals surface area contributed by atoms with Gasteiger partial charge >= 0.3 is 5.97 Å². The van der Waals surface area contributed by atoms with Gasteiger partial charge in [-0.1, -0.05) is 48.5 Å². The molecule has 1 amide bonds. The van der Waals surface area contributed by atoms with Gasteiger partial charge in [-0.05, 0) is 75.8 Å². The lowest BCUT2D eigenvalue weighted by atomic mass is 9.81. The van der Waals surface area contributed by atoms with Gasteiger partial charge in [0.15, 0.2) is 0 Å². The molecule has 2 N–H and O–H groups in total. The van der Waals surface area contributed by atoms with E-state index in [9.17, 15) is 14.7 Å². The Morgan fingerprint density at radius 2 is 1.68 bits per heavy atom. The number of hydrogen-bond acceptors (Lipinski definition) is 7. The second-order valence-electron chi connectivity index (χ2n) is 11.1. The number of benzene rings is 2. The summed E-state index contributed by atoms with van der Waals surface area (Å²) in [7, 11) is 5.60. The predicted molar refractivity (Wildman–Crippen MR) is 172 cm³/mol. The van der Waals surface area contributed by atoms with Gasteiger partial charge in [0.05, 0.1) is 23.9 Å². The maximum Gasteiger partial charge on any atom is 0.329 e. The minimum Gasteiger partial charge on any atom is -0.492 e. The highest BCUT2D eigenvalue weighted by Gasteiger charge is 2.41. The van der Waals surface area contributed by atoms with Crippen molar-refractivity contribution in [3.8, 4) is 33.9 Å². The number of nitrogens with zero attached hydrogens (tertiary/aromatic N) is 2. The summed E-state index contributed by atoms with van der Waals surface area (Å²) in [6.45, 7) is 2.11. The van der Waals surface area contributed by atoms with Gasteiger partial charge in [-0.25, -0.2) is 9.78 Å². The molecule has 0 unspecified atom stereocenters. The molecule has 0 spiro atoms. The van der Waals surface area contributed by atoms with Crippen LogP contribution < -0.4 is 14.8 Å². The van der Waals surface area contributed by atoms with Crippen molar-refractivity contribution in [2.75, 3.05) is 47.6 Å². The van der Waals surface area contributed by atoms with Crippen molar-refractivity contribution >= 4 is 35.1 Å². The number of hydrogen-bond donors (Lipinski definition) is 2. The number of methoxy groups -OCH3 is 1. The van der Waals surface area contributed by atoms with E-state index < -0.39 is 17.4 Å². The molecule has 1 aliphatic rings. The number of aliphatic carboxylic acids is 1. The minimum absolute atomic E-state index is 0.0852. The summed E-state index contributed by atoms with van der Waals surface area (Å²) >= 11 is 13.2. The summed E-state index contributed by atoms with van der Waals surface area (Å²) < 4.78 is 17.0. The molecule has 0 saturated heterocycles. The number of carbonyl (C=O) groups excluding carboxylic acids is 1. The van der Waals surface area contributed by atoms with E-state index in [0.29, 0.717) is 76.6 Å². The molecule has 0 aliphatic heterocycles. The van der Waals surface area contributed by atoms with Gasteiger partial charge in [0.1, 0.15) is 29.3 Å². The first-order valence-corrected chi connectivity index (χ1v) is 15.4. The smallest absolute Gasteiger partial charge is 0.329 e. The number of nitrogens with one attached hydrogen (secondary N) is 1. The molecule has 1 heterocycles. The quantitative estimate of drug-likeness (QED) is 0.189. The van der Waals surface area contributed by atoms with Crippen LogP contribution in [-0.4, -0.2) is 80.0 Å². The van der Waals surface area contributed by atoms with E-state index in [1.807, 2.05) is 20.2 Å². The first-order chi connectivity index (χ1) is 21.1. The second kappa shape index (κ2) is 15.6. The number of carboxylic acids is 1. The topological polar surface area (TPSA) is 110 Å². The van der Waals surface area contributed by atoms with Gasteiger partial charge < -0.3 is 29.5 Å². The van der Waals surface area contributed by atoms with Crippen LogP contribution in [0.2, 0.25) is 10.0 Å².